The molecule has 2 aliphatic heterocycles. The molecule has 0 radical (unpaired) electrons. The zero-order valence-electron chi connectivity index (χ0n) is 12.7. The molecule has 21 heavy (non-hydrogen) atoms. The zero-order valence-corrected chi connectivity index (χ0v) is 12.7. The fourth-order valence-corrected chi connectivity index (χ4v) is 2.50. The SMILES string of the molecule is COCO[C@H]1C=C[C@@H]2/C=C/CCC[C@H](C)OC(=O)C[C@@H]1O2. The molecule has 0 aromatic rings. The highest BCUT2D eigenvalue weighted by Crippen LogP contribution is 2.21. The maximum atomic E-state index is 12.0. The predicted molar refractivity (Wildman–Crippen MR) is 77.7 cm³/mol. The van der Waals surface area contributed by atoms with Gasteiger partial charge in [-0.05, 0) is 26.2 Å². The number of ether oxygens (including phenoxy) is 4. The fraction of sp³-hybridized carbons (Fsp3) is 0.688. The van der Waals surface area contributed by atoms with E-state index in [4.69, 9.17) is 18.9 Å². The van der Waals surface area contributed by atoms with Gasteiger partial charge in [0.05, 0.1) is 24.7 Å². The van der Waals surface area contributed by atoms with Crippen molar-refractivity contribution in [1.29, 1.82) is 0 Å². The van der Waals surface area contributed by atoms with Crippen LogP contribution < -0.4 is 0 Å². The number of hydrogen-bond acceptors (Lipinski definition) is 5. The van der Waals surface area contributed by atoms with Crippen LogP contribution in [0.2, 0.25) is 0 Å². The van der Waals surface area contributed by atoms with Crippen LogP contribution in [0, 0.1) is 0 Å². The Balaban J connectivity index is 2.07. The molecule has 0 aliphatic carbocycles. The number of esters is 1. The molecule has 0 saturated carbocycles. The molecule has 0 aromatic carbocycles. The number of fused-ring (bicyclic) bond motifs is 2. The van der Waals surface area contributed by atoms with Crippen LogP contribution in [0.15, 0.2) is 24.3 Å². The van der Waals surface area contributed by atoms with Gasteiger partial charge in [0.25, 0.3) is 0 Å². The van der Waals surface area contributed by atoms with Gasteiger partial charge in [-0.1, -0.05) is 24.3 Å². The Kier molecular flexibility index (Phi) is 6.42. The number of cyclic esters (lactones) is 1. The minimum Gasteiger partial charge on any atom is -0.463 e. The summed E-state index contributed by atoms with van der Waals surface area (Å²) in [5, 5.41) is 0. The van der Waals surface area contributed by atoms with Crippen molar-refractivity contribution < 1.29 is 23.7 Å². The third-order valence-corrected chi connectivity index (χ3v) is 3.57. The summed E-state index contributed by atoms with van der Waals surface area (Å²) in [5.41, 5.74) is 0. The largest absolute Gasteiger partial charge is 0.463 e. The second-order valence-corrected chi connectivity index (χ2v) is 5.43. The first-order chi connectivity index (χ1) is 10.2. The number of rotatable bonds is 3. The lowest BCUT2D eigenvalue weighted by Gasteiger charge is -2.31. The van der Waals surface area contributed by atoms with Gasteiger partial charge in [-0.15, -0.1) is 0 Å². The summed E-state index contributed by atoms with van der Waals surface area (Å²) in [6.07, 6.45) is 10.3. The van der Waals surface area contributed by atoms with Crippen LogP contribution in [-0.4, -0.2) is 44.3 Å². The third-order valence-electron chi connectivity index (χ3n) is 3.57. The molecule has 0 spiro atoms. The number of carbonyl (C=O) groups excluding carboxylic acids is 1. The Morgan fingerprint density at radius 3 is 3.00 bits per heavy atom. The van der Waals surface area contributed by atoms with Gasteiger partial charge < -0.3 is 18.9 Å². The summed E-state index contributed by atoms with van der Waals surface area (Å²) < 4.78 is 21.8. The summed E-state index contributed by atoms with van der Waals surface area (Å²) in [5.74, 6) is -0.239. The topological polar surface area (TPSA) is 54.0 Å². The maximum absolute atomic E-state index is 12.0. The fourth-order valence-electron chi connectivity index (χ4n) is 2.50. The van der Waals surface area contributed by atoms with Crippen molar-refractivity contribution in [3.63, 3.8) is 0 Å². The smallest absolute Gasteiger partial charge is 0.308 e. The van der Waals surface area contributed by atoms with Gasteiger partial charge in [-0.3, -0.25) is 4.79 Å². The Bertz CT molecular complexity index is 390. The monoisotopic (exact) mass is 296 g/mol. The summed E-state index contributed by atoms with van der Waals surface area (Å²) in [4.78, 5) is 12.0. The Morgan fingerprint density at radius 1 is 1.33 bits per heavy atom. The van der Waals surface area contributed by atoms with Crippen LogP contribution in [0.25, 0.3) is 0 Å². The van der Waals surface area contributed by atoms with E-state index in [-0.39, 0.29) is 43.6 Å². The molecule has 0 aromatic heterocycles. The van der Waals surface area contributed by atoms with Crippen LogP contribution in [0.3, 0.4) is 0 Å². The summed E-state index contributed by atoms with van der Waals surface area (Å²) in [6, 6.07) is 0. The number of carbonyl (C=O) groups is 1. The van der Waals surface area contributed by atoms with Crippen molar-refractivity contribution in [2.45, 2.75) is 57.0 Å². The van der Waals surface area contributed by atoms with Gasteiger partial charge in [-0.2, -0.15) is 0 Å². The first kappa shape index (κ1) is 16.2. The lowest BCUT2D eigenvalue weighted by molar-refractivity contribution is -0.160. The molecule has 4 atom stereocenters. The van der Waals surface area contributed by atoms with Gasteiger partial charge >= 0.3 is 5.97 Å². The van der Waals surface area contributed by atoms with E-state index < -0.39 is 0 Å². The maximum Gasteiger partial charge on any atom is 0.308 e. The minimum atomic E-state index is -0.348. The van der Waals surface area contributed by atoms with Crippen molar-refractivity contribution in [3.8, 4) is 0 Å². The second-order valence-electron chi connectivity index (χ2n) is 5.43. The molecule has 0 saturated heterocycles. The van der Waals surface area contributed by atoms with Gasteiger partial charge in [0.2, 0.25) is 0 Å². The molecule has 2 rings (SSSR count). The molecule has 5 nitrogen and oxygen atoms in total. The second kappa shape index (κ2) is 8.32. The van der Waals surface area contributed by atoms with E-state index in [0.717, 1.165) is 19.3 Å². The molecule has 5 heteroatoms. The van der Waals surface area contributed by atoms with E-state index in [1.807, 2.05) is 25.2 Å². The third kappa shape index (κ3) is 5.26. The predicted octanol–water partition coefficient (Wildman–Crippen LogP) is 2.36. The molecule has 0 amide bonds. The quantitative estimate of drug-likeness (QED) is 0.454. The summed E-state index contributed by atoms with van der Waals surface area (Å²) >= 11 is 0. The van der Waals surface area contributed by atoms with Crippen molar-refractivity contribution in [2.75, 3.05) is 13.9 Å². The Hall–Kier alpha value is -1.17. The Morgan fingerprint density at radius 2 is 2.19 bits per heavy atom. The highest BCUT2D eigenvalue weighted by atomic mass is 16.7. The first-order valence-corrected chi connectivity index (χ1v) is 7.49. The van der Waals surface area contributed by atoms with E-state index in [0.29, 0.717) is 0 Å². The zero-order chi connectivity index (χ0) is 15.1. The molecule has 0 N–H and O–H groups in total. The average molecular weight is 296 g/mol. The van der Waals surface area contributed by atoms with Crippen LogP contribution in [0.1, 0.15) is 32.6 Å². The van der Waals surface area contributed by atoms with Gasteiger partial charge in [0.15, 0.2) is 0 Å². The van der Waals surface area contributed by atoms with Crippen LogP contribution in [-0.2, 0) is 23.7 Å². The summed E-state index contributed by atoms with van der Waals surface area (Å²) in [6.45, 7) is 2.09. The van der Waals surface area contributed by atoms with E-state index in [1.165, 1.54) is 0 Å². The molecule has 118 valence electrons. The van der Waals surface area contributed by atoms with E-state index >= 15 is 0 Å². The minimum absolute atomic E-state index is 0.0569. The van der Waals surface area contributed by atoms with E-state index in [9.17, 15) is 4.79 Å². The standard InChI is InChI=1S/C16H24O5/c1-12-6-4-3-5-7-13-8-9-14(19-11-18-2)15(21-13)10-16(17)20-12/h5,7-9,12-15H,3-4,6,10-11H2,1-2H3/b7-5+/t12-,13-,14-,15-/m0/s1. The van der Waals surface area contributed by atoms with Crippen molar-refractivity contribution in [2.24, 2.45) is 0 Å². The van der Waals surface area contributed by atoms with Crippen LogP contribution >= 0.6 is 0 Å². The molecule has 2 heterocycles. The molecule has 0 unspecified atom stereocenters. The van der Waals surface area contributed by atoms with Gasteiger partial charge in [-0.25, -0.2) is 0 Å². The van der Waals surface area contributed by atoms with Gasteiger partial charge in [0, 0.05) is 7.11 Å². The average Bonchev–Trinajstić information content (AvgIpc) is 2.44. The number of methoxy groups -OCH3 is 1. The molecular formula is C16H24O5. The highest BCUT2D eigenvalue weighted by molar-refractivity contribution is 5.70. The molecular weight excluding hydrogens is 272 g/mol. The molecule has 2 bridgehead atoms. The van der Waals surface area contributed by atoms with Crippen molar-refractivity contribution in [1.82, 2.24) is 0 Å². The van der Waals surface area contributed by atoms with Crippen LogP contribution in [0.4, 0.5) is 0 Å². The lowest BCUT2D eigenvalue weighted by atomic mass is 10.0. The Labute approximate surface area is 125 Å². The number of hydrogen-bond donors (Lipinski definition) is 0. The van der Waals surface area contributed by atoms with Crippen molar-refractivity contribution >= 4 is 5.97 Å². The van der Waals surface area contributed by atoms with E-state index in [2.05, 4.69) is 6.08 Å². The molecule has 0 fully saturated rings. The van der Waals surface area contributed by atoms with Gasteiger partial charge in [0.1, 0.15) is 12.9 Å². The van der Waals surface area contributed by atoms with Crippen molar-refractivity contribution in [3.05, 3.63) is 24.3 Å². The number of allylic oxidation sites excluding steroid dienone is 1. The normalized spacial score (nSPS) is 35.4. The molecule has 2 aliphatic rings. The van der Waals surface area contributed by atoms with Crippen LogP contribution in [0.5, 0.6) is 0 Å². The first-order valence-electron chi connectivity index (χ1n) is 7.49. The van der Waals surface area contributed by atoms with E-state index in [1.54, 1.807) is 7.11 Å². The lowest BCUT2D eigenvalue weighted by Crippen LogP contribution is -2.39. The summed E-state index contributed by atoms with van der Waals surface area (Å²) in [7, 11) is 1.57. The highest BCUT2D eigenvalue weighted by Gasteiger charge is 2.30.